The molecule has 5 heteroatoms. The van der Waals surface area contributed by atoms with E-state index < -0.39 is 0 Å². The van der Waals surface area contributed by atoms with Crippen molar-refractivity contribution >= 4 is 5.91 Å². The highest BCUT2D eigenvalue weighted by atomic mass is 16.3. The molecule has 1 aromatic heterocycles. The van der Waals surface area contributed by atoms with Gasteiger partial charge in [0.05, 0.1) is 12.5 Å². The molecule has 0 bridgehead atoms. The molecule has 1 fully saturated rings. The van der Waals surface area contributed by atoms with E-state index >= 15 is 0 Å². The van der Waals surface area contributed by atoms with Gasteiger partial charge in [0.25, 0.3) is 0 Å². The summed E-state index contributed by atoms with van der Waals surface area (Å²) in [5.41, 5.74) is 1.11. The molecule has 17 heavy (non-hydrogen) atoms. The molecule has 1 aliphatic heterocycles. The second-order valence-electron chi connectivity index (χ2n) is 4.22. The van der Waals surface area contributed by atoms with E-state index in [9.17, 15) is 4.79 Å². The standard InChI is InChI=1S/C12H19N3O2/c1-2-14-12(16)11-7-13-4-5-15(11)8-10-3-6-17-9-10/h3,6,9,11,13H,2,4-5,7-8H2,1H3,(H,14,16). The van der Waals surface area contributed by atoms with Crippen LogP contribution in [0.5, 0.6) is 0 Å². The Kier molecular flexibility index (Phi) is 4.17. The number of hydrogen-bond acceptors (Lipinski definition) is 4. The number of piperazine rings is 1. The molecule has 0 radical (unpaired) electrons. The summed E-state index contributed by atoms with van der Waals surface area (Å²) in [5.74, 6) is 0.100. The molecular weight excluding hydrogens is 218 g/mol. The fourth-order valence-electron chi connectivity index (χ4n) is 2.10. The van der Waals surface area contributed by atoms with E-state index in [0.717, 1.165) is 25.2 Å². The molecule has 0 aromatic carbocycles. The van der Waals surface area contributed by atoms with E-state index in [4.69, 9.17) is 4.42 Å². The van der Waals surface area contributed by atoms with Crippen LogP contribution >= 0.6 is 0 Å². The molecule has 0 spiro atoms. The van der Waals surface area contributed by atoms with Crippen molar-refractivity contribution in [1.82, 2.24) is 15.5 Å². The lowest BCUT2D eigenvalue weighted by atomic mass is 10.1. The van der Waals surface area contributed by atoms with Crippen molar-refractivity contribution in [3.63, 3.8) is 0 Å². The number of carbonyl (C=O) groups is 1. The minimum atomic E-state index is -0.0846. The summed E-state index contributed by atoms with van der Waals surface area (Å²) in [4.78, 5) is 14.1. The van der Waals surface area contributed by atoms with E-state index in [-0.39, 0.29) is 11.9 Å². The molecule has 1 aliphatic rings. The van der Waals surface area contributed by atoms with Crippen LogP contribution in [0.25, 0.3) is 0 Å². The normalized spacial score (nSPS) is 21.4. The number of carbonyl (C=O) groups excluding carboxylic acids is 1. The lowest BCUT2D eigenvalue weighted by Crippen LogP contribution is -2.57. The summed E-state index contributed by atoms with van der Waals surface area (Å²) in [6.07, 6.45) is 3.40. The third-order valence-electron chi connectivity index (χ3n) is 2.97. The van der Waals surface area contributed by atoms with E-state index in [2.05, 4.69) is 15.5 Å². The third-order valence-corrected chi connectivity index (χ3v) is 2.97. The Labute approximate surface area is 101 Å². The van der Waals surface area contributed by atoms with Crippen molar-refractivity contribution in [2.45, 2.75) is 19.5 Å². The van der Waals surface area contributed by atoms with Gasteiger partial charge in [0.15, 0.2) is 0 Å². The van der Waals surface area contributed by atoms with Gasteiger partial charge in [-0.2, -0.15) is 0 Å². The van der Waals surface area contributed by atoms with Gasteiger partial charge >= 0.3 is 0 Å². The average molecular weight is 237 g/mol. The topological polar surface area (TPSA) is 57.5 Å². The van der Waals surface area contributed by atoms with Gasteiger partial charge in [-0.25, -0.2) is 0 Å². The van der Waals surface area contributed by atoms with Crippen molar-refractivity contribution in [3.05, 3.63) is 24.2 Å². The summed E-state index contributed by atoms with van der Waals surface area (Å²) in [5, 5.41) is 6.14. The Hall–Kier alpha value is -1.33. The first-order valence-electron chi connectivity index (χ1n) is 6.05. The maximum Gasteiger partial charge on any atom is 0.238 e. The first-order valence-corrected chi connectivity index (χ1v) is 6.05. The molecule has 1 amide bonds. The molecule has 1 saturated heterocycles. The first-order chi connectivity index (χ1) is 8.31. The van der Waals surface area contributed by atoms with Crippen LogP contribution in [0.3, 0.4) is 0 Å². The first kappa shape index (κ1) is 12.1. The predicted molar refractivity (Wildman–Crippen MR) is 64.5 cm³/mol. The Morgan fingerprint density at radius 1 is 1.71 bits per heavy atom. The van der Waals surface area contributed by atoms with Crippen molar-refractivity contribution in [1.29, 1.82) is 0 Å². The number of rotatable bonds is 4. The molecule has 0 aliphatic carbocycles. The maximum atomic E-state index is 11.9. The Bertz CT molecular complexity index is 351. The number of amides is 1. The SMILES string of the molecule is CCNC(=O)C1CNCCN1Cc1ccoc1. The monoisotopic (exact) mass is 237 g/mol. The van der Waals surface area contributed by atoms with E-state index in [1.807, 2.05) is 13.0 Å². The molecule has 1 atom stereocenters. The van der Waals surface area contributed by atoms with E-state index in [1.54, 1.807) is 12.5 Å². The van der Waals surface area contributed by atoms with E-state index in [0.29, 0.717) is 13.1 Å². The highest BCUT2D eigenvalue weighted by Gasteiger charge is 2.28. The molecule has 5 nitrogen and oxygen atoms in total. The van der Waals surface area contributed by atoms with Crippen molar-refractivity contribution in [3.8, 4) is 0 Å². The summed E-state index contributed by atoms with van der Waals surface area (Å²) in [7, 11) is 0. The zero-order chi connectivity index (χ0) is 12.1. The highest BCUT2D eigenvalue weighted by Crippen LogP contribution is 2.10. The van der Waals surface area contributed by atoms with Crippen LogP contribution in [-0.4, -0.2) is 43.0 Å². The fourth-order valence-corrected chi connectivity index (χ4v) is 2.10. The molecule has 2 rings (SSSR count). The molecule has 2 N–H and O–H groups in total. The zero-order valence-electron chi connectivity index (χ0n) is 10.1. The van der Waals surface area contributed by atoms with Gasteiger partial charge in [-0.05, 0) is 13.0 Å². The second kappa shape index (κ2) is 5.84. The minimum Gasteiger partial charge on any atom is -0.472 e. The van der Waals surface area contributed by atoms with Crippen LogP contribution in [0.4, 0.5) is 0 Å². The number of nitrogens with zero attached hydrogens (tertiary/aromatic N) is 1. The van der Waals surface area contributed by atoms with E-state index in [1.165, 1.54) is 0 Å². The van der Waals surface area contributed by atoms with Gasteiger partial charge in [0, 0.05) is 38.3 Å². The molecular formula is C12H19N3O2. The molecule has 1 unspecified atom stereocenters. The van der Waals surface area contributed by atoms with Crippen molar-refractivity contribution in [2.24, 2.45) is 0 Å². The van der Waals surface area contributed by atoms with Gasteiger partial charge in [0.1, 0.15) is 6.04 Å². The van der Waals surface area contributed by atoms with Gasteiger partial charge in [-0.1, -0.05) is 0 Å². The van der Waals surface area contributed by atoms with Gasteiger partial charge in [-0.15, -0.1) is 0 Å². The lowest BCUT2D eigenvalue weighted by Gasteiger charge is -2.34. The van der Waals surface area contributed by atoms with Gasteiger partial charge in [-0.3, -0.25) is 9.69 Å². The van der Waals surface area contributed by atoms with Crippen LogP contribution in [0.2, 0.25) is 0 Å². The number of hydrogen-bond donors (Lipinski definition) is 2. The molecule has 0 saturated carbocycles. The Balaban J connectivity index is 1.99. The maximum absolute atomic E-state index is 11.9. The summed E-state index contributed by atoms with van der Waals surface area (Å²) in [6, 6.07) is 1.86. The van der Waals surface area contributed by atoms with Gasteiger partial charge in [0.2, 0.25) is 5.91 Å². The third kappa shape index (κ3) is 3.08. The van der Waals surface area contributed by atoms with Gasteiger partial charge < -0.3 is 15.1 Å². The van der Waals surface area contributed by atoms with Crippen LogP contribution in [0.15, 0.2) is 23.0 Å². The molecule has 94 valence electrons. The van der Waals surface area contributed by atoms with Crippen LogP contribution in [0, 0.1) is 0 Å². The van der Waals surface area contributed by atoms with Crippen molar-refractivity contribution in [2.75, 3.05) is 26.2 Å². The second-order valence-corrected chi connectivity index (χ2v) is 4.22. The smallest absolute Gasteiger partial charge is 0.238 e. The van der Waals surface area contributed by atoms with Crippen LogP contribution in [0.1, 0.15) is 12.5 Å². The predicted octanol–water partition coefficient (Wildman–Crippen LogP) is 0.190. The average Bonchev–Trinajstić information content (AvgIpc) is 2.83. The number of nitrogens with one attached hydrogen (secondary N) is 2. The molecule has 2 heterocycles. The summed E-state index contributed by atoms with van der Waals surface area (Å²) in [6.45, 7) is 5.90. The number of likely N-dealkylation sites (N-methyl/N-ethyl adjacent to an activating group) is 1. The van der Waals surface area contributed by atoms with Crippen LogP contribution in [-0.2, 0) is 11.3 Å². The Morgan fingerprint density at radius 3 is 3.29 bits per heavy atom. The number of furan rings is 1. The quantitative estimate of drug-likeness (QED) is 0.785. The summed E-state index contributed by atoms with van der Waals surface area (Å²) < 4.78 is 5.06. The highest BCUT2D eigenvalue weighted by molar-refractivity contribution is 5.82. The largest absolute Gasteiger partial charge is 0.472 e. The molecule has 1 aromatic rings. The lowest BCUT2D eigenvalue weighted by molar-refractivity contribution is -0.127. The minimum absolute atomic E-state index is 0.0846. The zero-order valence-corrected chi connectivity index (χ0v) is 10.1. The van der Waals surface area contributed by atoms with Crippen molar-refractivity contribution < 1.29 is 9.21 Å². The summed E-state index contributed by atoms with van der Waals surface area (Å²) >= 11 is 0. The fraction of sp³-hybridized carbons (Fsp3) is 0.583. The Morgan fingerprint density at radius 2 is 2.59 bits per heavy atom. The van der Waals surface area contributed by atoms with Crippen LogP contribution < -0.4 is 10.6 Å².